The number of hydrogen-bond acceptors (Lipinski definition) is 8. The highest BCUT2D eigenvalue weighted by atomic mass is 16.5. The molecular formula is C100H60N6O2. The highest BCUT2D eigenvalue weighted by Crippen LogP contribution is 2.65. The molecule has 22 rings (SSSR count). The van der Waals surface area contributed by atoms with E-state index in [1.807, 2.05) is 18.2 Å². The summed E-state index contributed by atoms with van der Waals surface area (Å²) >= 11 is 0. The summed E-state index contributed by atoms with van der Waals surface area (Å²) in [6, 6.07) is 129. The molecule has 0 N–H and O–H groups in total. The minimum Gasteiger partial charge on any atom is -0.456 e. The predicted octanol–water partition coefficient (Wildman–Crippen LogP) is 24.3. The van der Waals surface area contributed by atoms with Crippen LogP contribution in [0.3, 0.4) is 0 Å². The van der Waals surface area contributed by atoms with E-state index in [1.165, 1.54) is 44.5 Å². The lowest BCUT2D eigenvalue weighted by molar-refractivity contribution is 0.438. The molecule has 0 amide bonds. The molecule has 0 radical (unpaired) electrons. The Balaban J connectivity index is 0.622. The van der Waals surface area contributed by atoms with Gasteiger partial charge in [-0.2, -0.15) is 0 Å². The number of aromatic nitrogens is 6. The van der Waals surface area contributed by atoms with Crippen LogP contribution in [0.5, 0.6) is 23.0 Å². The third kappa shape index (κ3) is 9.23. The lowest BCUT2D eigenvalue weighted by Gasteiger charge is -2.40. The molecule has 0 saturated carbocycles. The number of fused-ring (bicyclic) bond motifs is 20. The van der Waals surface area contributed by atoms with Crippen LogP contribution in [-0.4, -0.2) is 29.9 Å². The Hall–Kier alpha value is -14.3. The third-order valence-corrected chi connectivity index (χ3v) is 22.6. The SMILES string of the molecule is c1ccc(-c2nc(-c3ccc(-c4cccc5c4Oc4ccccc4C54c5ccccc5-c5ccccc54)cc3)nc(-c3cccc4c(-c5cccc(-c6nc(-c7ccc(-c8cccc9c8Oc8ccccc8C98c9ccccc9-c9ccccc98)cc7)nc(-c7ccc8ccccc8c7)n6)c5)cccc34)n2)cc1. The number of rotatable bonds is 9. The van der Waals surface area contributed by atoms with Gasteiger partial charge < -0.3 is 9.47 Å². The van der Waals surface area contributed by atoms with E-state index in [2.05, 4.69) is 346 Å². The number of ether oxygens (including phenoxy) is 2. The van der Waals surface area contributed by atoms with Crippen molar-refractivity contribution in [1.29, 1.82) is 0 Å². The summed E-state index contributed by atoms with van der Waals surface area (Å²) in [6.45, 7) is 0. The Morgan fingerprint density at radius 1 is 0.176 bits per heavy atom. The van der Waals surface area contributed by atoms with Crippen molar-refractivity contribution in [3.8, 4) is 147 Å². The Labute approximate surface area is 623 Å². The van der Waals surface area contributed by atoms with Gasteiger partial charge in [-0.1, -0.05) is 340 Å². The van der Waals surface area contributed by atoms with E-state index < -0.39 is 10.8 Å². The van der Waals surface area contributed by atoms with Gasteiger partial charge in [-0.05, 0) is 113 Å². The molecule has 0 atom stereocenters. The Morgan fingerprint density at radius 3 is 1.00 bits per heavy atom. The molecule has 16 aromatic carbocycles. The molecule has 8 nitrogen and oxygen atoms in total. The second-order valence-electron chi connectivity index (χ2n) is 28.2. The van der Waals surface area contributed by atoms with Crippen LogP contribution < -0.4 is 9.47 Å². The Morgan fingerprint density at radius 2 is 0.491 bits per heavy atom. The zero-order valence-electron chi connectivity index (χ0n) is 58.1. The van der Waals surface area contributed by atoms with E-state index in [-0.39, 0.29) is 0 Å². The number of nitrogens with zero attached hydrogens (tertiary/aromatic N) is 6. The summed E-state index contributed by atoms with van der Waals surface area (Å²) in [5.41, 5.74) is 24.6. The lowest BCUT2D eigenvalue weighted by Crippen LogP contribution is -2.32. The van der Waals surface area contributed by atoms with Crippen molar-refractivity contribution in [2.45, 2.75) is 10.8 Å². The molecule has 0 fully saturated rings. The van der Waals surface area contributed by atoms with Crippen LogP contribution in [0.25, 0.3) is 146 Å². The van der Waals surface area contributed by atoms with Gasteiger partial charge in [-0.15, -0.1) is 0 Å². The van der Waals surface area contributed by atoms with Gasteiger partial charge in [-0.25, -0.2) is 29.9 Å². The molecule has 502 valence electrons. The fourth-order valence-corrected chi connectivity index (χ4v) is 17.8. The largest absolute Gasteiger partial charge is 0.456 e. The molecular weight excluding hydrogens is 1320 g/mol. The number of para-hydroxylation sites is 4. The summed E-state index contributed by atoms with van der Waals surface area (Å²) in [6.07, 6.45) is 0. The first-order valence-corrected chi connectivity index (χ1v) is 36.6. The average molecular weight is 1380 g/mol. The van der Waals surface area contributed by atoms with Crippen LogP contribution >= 0.6 is 0 Å². The highest BCUT2D eigenvalue weighted by molar-refractivity contribution is 6.04. The normalized spacial score (nSPS) is 13.3. The fraction of sp³-hybridized carbons (Fsp3) is 0.0200. The molecule has 2 aliphatic heterocycles. The summed E-state index contributed by atoms with van der Waals surface area (Å²) in [5, 5.41) is 4.28. The molecule has 8 heteroatoms. The average Bonchev–Trinajstić information content (AvgIpc) is 1.49. The van der Waals surface area contributed by atoms with Gasteiger partial charge in [0.2, 0.25) is 0 Å². The monoisotopic (exact) mass is 1380 g/mol. The molecule has 2 aromatic heterocycles. The van der Waals surface area contributed by atoms with E-state index in [4.69, 9.17) is 39.4 Å². The predicted molar refractivity (Wildman–Crippen MR) is 432 cm³/mol. The van der Waals surface area contributed by atoms with Crippen LogP contribution in [0.4, 0.5) is 0 Å². The zero-order valence-corrected chi connectivity index (χ0v) is 58.1. The van der Waals surface area contributed by atoms with Gasteiger partial charge in [0.1, 0.15) is 23.0 Å². The van der Waals surface area contributed by atoms with Crippen LogP contribution in [0, 0.1) is 0 Å². The summed E-state index contributed by atoms with van der Waals surface area (Å²) < 4.78 is 14.2. The van der Waals surface area contributed by atoms with Gasteiger partial charge in [0, 0.05) is 66.8 Å². The minimum absolute atomic E-state index is 0.554. The molecule has 0 unspecified atom stereocenters. The smallest absolute Gasteiger partial charge is 0.164 e. The second kappa shape index (κ2) is 24.1. The van der Waals surface area contributed by atoms with Crippen LogP contribution in [0.15, 0.2) is 364 Å². The van der Waals surface area contributed by atoms with Crippen molar-refractivity contribution in [2.75, 3.05) is 0 Å². The van der Waals surface area contributed by atoms with Crippen LogP contribution in [0.1, 0.15) is 44.5 Å². The van der Waals surface area contributed by atoms with Crippen molar-refractivity contribution in [2.24, 2.45) is 0 Å². The first kappa shape index (κ1) is 61.2. The van der Waals surface area contributed by atoms with Gasteiger partial charge in [0.25, 0.3) is 0 Å². The first-order valence-electron chi connectivity index (χ1n) is 36.6. The lowest BCUT2D eigenvalue weighted by atomic mass is 9.65. The van der Waals surface area contributed by atoms with Gasteiger partial charge in [0.05, 0.1) is 10.8 Å². The van der Waals surface area contributed by atoms with Crippen molar-refractivity contribution < 1.29 is 9.47 Å². The van der Waals surface area contributed by atoms with Crippen LogP contribution in [-0.2, 0) is 10.8 Å². The maximum absolute atomic E-state index is 7.09. The zero-order chi connectivity index (χ0) is 71.0. The molecule has 2 aliphatic carbocycles. The molecule has 18 aromatic rings. The summed E-state index contributed by atoms with van der Waals surface area (Å²) in [4.78, 5) is 31.9. The first-order chi connectivity index (χ1) is 53.5. The summed E-state index contributed by atoms with van der Waals surface area (Å²) in [5.74, 6) is 6.78. The Bertz CT molecular complexity index is 6680. The maximum Gasteiger partial charge on any atom is 0.164 e. The van der Waals surface area contributed by atoms with E-state index >= 15 is 0 Å². The topological polar surface area (TPSA) is 95.8 Å². The van der Waals surface area contributed by atoms with Crippen molar-refractivity contribution in [3.63, 3.8) is 0 Å². The molecule has 2 spiro atoms. The quantitative estimate of drug-likeness (QED) is 0.141. The molecule has 108 heavy (non-hydrogen) atoms. The van der Waals surface area contributed by atoms with E-state index in [0.29, 0.717) is 34.9 Å². The van der Waals surface area contributed by atoms with E-state index in [1.54, 1.807) is 0 Å². The molecule has 0 bridgehead atoms. The van der Waals surface area contributed by atoms with Gasteiger partial charge in [-0.3, -0.25) is 0 Å². The highest BCUT2D eigenvalue weighted by Gasteiger charge is 2.53. The van der Waals surface area contributed by atoms with Gasteiger partial charge >= 0.3 is 0 Å². The molecule has 4 heterocycles. The maximum atomic E-state index is 7.09. The molecule has 0 saturated heterocycles. The fourth-order valence-electron chi connectivity index (χ4n) is 17.8. The van der Waals surface area contributed by atoms with Crippen molar-refractivity contribution in [3.05, 3.63) is 408 Å². The third-order valence-electron chi connectivity index (χ3n) is 22.6. The second-order valence-corrected chi connectivity index (χ2v) is 28.2. The van der Waals surface area contributed by atoms with Crippen molar-refractivity contribution in [1.82, 2.24) is 29.9 Å². The van der Waals surface area contributed by atoms with Crippen molar-refractivity contribution >= 4 is 21.5 Å². The molecule has 4 aliphatic rings. The minimum atomic E-state index is -0.577. The van der Waals surface area contributed by atoms with E-state index in [0.717, 1.165) is 134 Å². The number of hydrogen-bond donors (Lipinski definition) is 0. The van der Waals surface area contributed by atoms with Crippen LogP contribution in [0.2, 0.25) is 0 Å². The Kier molecular flexibility index (Phi) is 13.7. The van der Waals surface area contributed by atoms with Gasteiger partial charge in [0.15, 0.2) is 34.9 Å². The van der Waals surface area contributed by atoms with E-state index in [9.17, 15) is 0 Å². The summed E-state index contributed by atoms with van der Waals surface area (Å²) in [7, 11) is 0. The number of benzene rings is 16. The standard InChI is InChI=1S/C100H60N6O2/c1-2-24-64(25-3-1)93-101-95(66-56-52-63(53-57-66)73-35-22-46-88-92(73)108-90-48-17-15-44-86(90)100(88)83-41-12-8-31-78(83)79-32-9-13-42-84(79)100)106-98(105-93)80-38-20-36-74-71(33-19-37-75(74)80)68-27-18-28-69(60-68)96-102-94(103-97(104-96)70-58-49-61-23-4-5-26-67(61)59-70)65-54-50-62(51-55-65)72-34-21-45-87-91(72)107-89-47-16-14-43-85(89)99(87)81-39-10-6-29-76(81)77-30-7-11-40-82(77)99/h1-60H.